The number of halogens is 1. The Bertz CT molecular complexity index is 704. The van der Waals surface area contributed by atoms with Crippen LogP contribution in [0.5, 0.6) is 0 Å². The fraction of sp³-hybridized carbons (Fsp3) is 0.652. The fourth-order valence-electron chi connectivity index (χ4n) is 4.41. The molecule has 8 heteroatoms. The van der Waals surface area contributed by atoms with Gasteiger partial charge in [-0.25, -0.2) is 4.99 Å². The summed E-state index contributed by atoms with van der Waals surface area (Å²) in [4.78, 5) is 18.5. The van der Waals surface area contributed by atoms with Crippen LogP contribution in [0.3, 0.4) is 0 Å². The van der Waals surface area contributed by atoms with E-state index in [0.29, 0.717) is 25.0 Å². The van der Waals surface area contributed by atoms with Crippen molar-refractivity contribution < 1.29 is 9.53 Å². The number of amides is 1. The second-order valence-electron chi connectivity index (χ2n) is 8.44. The summed E-state index contributed by atoms with van der Waals surface area (Å²) in [6.45, 7) is 7.30. The Balaban J connectivity index is 0.00000341. The van der Waals surface area contributed by atoms with Crippen LogP contribution in [0.1, 0.15) is 44.6 Å². The minimum Gasteiger partial charge on any atom is -0.385 e. The highest BCUT2D eigenvalue weighted by Gasteiger charge is 2.33. The molecule has 0 atom stereocenters. The van der Waals surface area contributed by atoms with Crippen LogP contribution in [0.15, 0.2) is 29.3 Å². The number of methoxy groups -OCH3 is 1. The van der Waals surface area contributed by atoms with Crippen LogP contribution in [-0.2, 0) is 16.1 Å². The Morgan fingerprint density at radius 3 is 2.61 bits per heavy atom. The number of aliphatic imine (C=N–C) groups is 1. The lowest BCUT2D eigenvalue weighted by Gasteiger charge is -2.30. The molecule has 174 valence electrons. The lowest BCUT2D eigenvalue weighted by molar-refractivity contribution is -0.120. The average molecular weight is 543 g/mol. The van der Waals surface area contributed by atoms with Gasteiger partial charge in [-0.2, -0.15) is 0 Å². The molecule has 1 aliphatic carbocycles. The molecule has 1 saturated carbocycles. The highest BCUT2D eigenvalue weighted by molar-refractivity contribution is 14.0. The maximum atomic E-state index is 11.6. The van der Waals surface area contributed by atoms with E-state index >= 15 is 0 Å². The Kier molecular flexibility index (Phi) is 10.9. The van der Waals surface area contributed by atoms with Gasteiger partial charge in [0.25, 0.3) is 0 Å². The standard InChI is InChI=1S/C23H37N5O2.HI/c1-3-24-22(27-18-23(12-15-30-2)10-4-5-11-23)26-16-19-6-8-20(9-7-19)28-14-13-25-21(29)17-28;/h6-9H,3-5,10-18H2,1-2H3,(H,25,29)(H2,24,26,27);1H. The predicted octanol–water partition coefficient (Wildman–Crippen LogP) is 2.89. The van der Waals surface area contributed by atoms with Crippen molar-refractivity contribution in [3.8, 4) is 0 Å². The molecule has 3 N–H and O–H groups in total. The van der Waals surface area contributed by atoms with Crippen LogP contribution >= 0.6 is 24.0 Å². The fourth-order valence-corrected chi connectivity index (χ4v) is 4.41. The number of anilines is 1. The highest BCUT2D eigenvalue weighted by Crippen LogP contribution is 2.40. The quantitative estimate of drug-likeness (QED) is 0.254. The molecule has 1 heterocycles. The number of nitrogens with one attached hydrogen (secondary N) is 3. The molecule has 2 fully saturated rings. The summed E-state index contributed by atoms with van der Waals surface area (Å²) in [5.41, 5.74) is 2.57. The summed E-state index contributed by atoms with van der Waals surface area (Å²) >= 11 is 0. The minimum atomic E-state index is 0. The number of hydrogen-bond acceptors (Lipinski definition) is 4. The smallest absolute Gasteiger partial charge is 0.239 e. The predicted molar refractivity (Wildman–Crippen MR) is 137 cm³/mol. The molecule has 0 bridgehead atoms. The molecule has 31 heavy (non-hydrogen) atoms. The molecule has 3 rings (SSSR count). The van der Waals surface area contributed by atoms with E-state index in [1.54, 1.807) is 7.11 Å². The largest absolute Gasteiger partial charge is 0.385 e. The van der Waals surface area contributed by atoms with Crippen LogP contribution in [-0.4, -0.2) is 58.3 Å². The van der Waals surface area contributed by atoms with Crippen LogP contribution < -0.4 is 20.9 Å². The second kappa shape index (κ2) is 13.1. The maximum Gasteiger partial charge on any atom is 0.239 e. The number of carbonyl (C=O) groups excluding carboxylic acids is 1. The van der Waals surface area contributed by atoms with Gasteiger partial charge in [0.15, 0.2) is 5.96 Å². The van der Waals surface area contributed by atoms with Crippen molar-refractivity contribution in [2.75, 3.05) is 51.3 Å². The molecule has 1 amide bonds. The van der Waals surface area contributed by atoms with Crippen LogP contribution in [0.2, 0.25) is 0 Å². The first-order valence-electron chi connectivity index (χ1n) is 11.3. The van der Waals surface area contributed by atoms with Gasteiger partial charge >= 0.3 is 0 Å². The van der Waals surface area contributed by atoms with Crippen LogP contribution in [0.4, 0.5) is 5.69 Å². The molecule has 7 nitrogen and oxygen atoms in total. The van der Waals surface area contributed by atoms with Gasteiger partial charge in [0.2, 0.25) is 5.91 Å². The maximum absolute atomic E-state index is 11.6. The molecule has 0 unspecified atom stereocenters. The van der Waals surface area contributed by atoms with Gasteiger partial charge in [-0.05, 0) is 49.3 Å². The average Bonchev–Trinajstić information content (AvgIpc) is 3.24. The van der Waals surface area contributed by atoms with Crippen molar-refractivity contribution in [1.29, 1.82) is 0 Å². The van der Waals surface area contributed by atoms with Gasteiger partial charge in [-0.15, -0.1) is 24.0 Å². The molecule has 1 saturated heterocycles. The third-order valence-electron chi connectivity index (χ3n) is 6.24. The van der Waals surface area contributed by atoms with E-state index in [0.717, 1.165) is 49.9 Å². The normalized spacial score (nSPS) is 18.3. The van der Waals surface area contributed by atoms with E-state index in [2.05, 4.69) is 52.0 Å². The monoisotopic (exact) mass is 543 g/mol. The van der Waals surface area contributed by atoms with Crippen molar-refractivity contribution in [2.24, 2.45) is 10.4 Å². The van der Waals surface area contributed by atoms with Crippen molar-refractivity contribution in [3.05, 3.63) is 29.8 Å². The summed E-state index contributed by atoms with van der Waals surface area (Å²) in [5.74, 6) is 0.958. The molecule has 1 aromatic rings. The zero-order chi connectivity index (χ0) is 21.2. The van der Waals surface area contributed by atoms with Crippen molar-refractivity contribution in [3.63, 3.8) is 0 Å². The van der Waals surface area contributed by atoms with Crippen molar-refractivity contribution >= 4 is 41.5 Å². The van der Waals surface area contributed by atoms with E-state index in [1.165, 1.54) is 25.7 Å². The molecule has 1 aliphatic heterocycles. The molecular formula is C23H38IN5O2. The van der Waals surface area contributed by atoms with E-state index in [1.807, 2.05) is 0 Å². The lowest BCUT2D eigenvalue weighted by atomic mass is 9.83. The van der Waals surface area contributed by atoms with Gasteiger partial charge in [-0.3, -0.25) is 4.79 Å². The number of nitrogens with zero attached hydrogens (tertiary/aromatic N) is 2. The van der Waals surface area contributed by atoms with E-state index < -0.39 is 0 Å². The number of hydrogen-bond donors (Lipinski definition) is 3. The molecule has 0 aromatic heterocycles. The number of rotatable bonds is 9. The van der Waals surface area contributed by atoms with E-state index in [4.69, 9.17) is 9.73 Å². The third-order valence-corrected chi connectivity index (χ3v) is 6.24. The number of benzene rings is 1. The summed E-state index contributed by atoms with van der Waals surface area (Å²) in [6.07, 6.45) is 6.25. The SMILES string of the molecule is CCNC(=NCc1ccc(N2CCNC(=O)C2)cc1)NCC1(CCOC)CCCC1.I. The number of ether oxygens (including phenoxy) is 1. The molecule has 1 aromatic carbocycles. The number of carbonyl (C=O) groups is 1. The van der Waals surface area contributed by atoms with Crippen LogP contribution in [0.25, 0.3) is 0 Å². The summed E-state index contributed by atoms with van der Waals surface area (Å²) in [7, 11) is 1.78. The topological polar surface area (TPSA) is 78.0 Å². The summed E-state index contributed by atoms with van der Waals surface area (Å²) in [6, 6.07) is 8.38. The Labute approximate surface area is 203 Å². The van der Waals surface area contributed by atoms with Gasteiger partial charge < -0.3 is 25.6 Å². The van der Waals surface area contributed by atoms with E-state index in [-0.39, 0.29) is 29.9 Å². The molecular weight excluding hydrogens is 505 g/mol. The first-order valence-corrected chi connectivity index (χ1v) is 11.3. The molecule has 0 radical (unpaired) electrons. The molecule has 0 spiro atoms. The Morgan fingerprint density at radius 1 is 1.23 bits per heavy atom. The third kappa shape index (κ3) is 7.82. The van der Waals surface area contributed by atoms with Gasteiger partial charge in [-0.1, -0.05) is 25.0 Å². The molecule has 2 aliphatic rings. The zero-order valence-electron chi connectivity index (χ0n) is 18.9. The van der Waals surface area contributed by atoms with Gasteiger partial charge in [0.1, 0.15) is 0 Å². The van der Waals surface area contributed by atoms with E-state index in [9.17, 15) is 4.79 Å². The highest BCUT2D eigenvalue weighted by atomic mass is 127. The summed E-state index contributed by atoms with van der Waals surface area (Å²) in [5, 5.41) is 9.82. The zero-order valence-corrected chi connectivity index (χ0v) is 21.2. The lowest BCUT2D eigenvalue weighted by Crippen LogP contribution is -2.47. The Hall–Kier alpha value is -1.55. The Morgan fingerprint density at radius 2 is 1.97 bits per heavy atom. The van der Waals surface area contributed by atoms with Crippen molar-refractivity contribution in [2.45, 2.75) is 45.6 Å². The van der Waals surface area contributed by atoms with Crippen molar-refractivity contribution in [1.82, 2.24) is 16.0 Å². The first kappa shape index (κ1) is 25.7. The van der Waals surface area contributed by atoms with Gasteiger partial charge in [0.05, 0.1) is 13.1 Å². The number of piperazine rings is 1. The number of guanidine groups is 1. The second-order valence-corrected chi connectivity index (χ2v) is 8.44. The van der Waals surface area contributed by atoms with Crippen LogP contribution in [0, 0.1) is 5.41 Å². The minimum absolute atomic E-state index is 0. The first-order chi connectivity index (χ1) is 14.6. The van der Waals surface area contributed by atoms with Gasteiger partial charge in [0, 0.05) is 45.6 Å². The summed E-state index contributed by atoms with van der Waals surface area (Å²) < 4.78 is 5.35.